The van der Waals surface area contributed by atoms with E-state index in [1.165, 1.54) is 4.68 Å². The van der Waals surface area contributed by atoms with Gasteiger partial charge in [0.15, 0.2) is 5.69 Å². The van der Waals surface area contributed by atoms with Gasteiger partial charge in [-0.25, -0.2) is 0 Å². The van der Waals surface area contributed by atoms with Crippen LogP contribution in [0.25, 0.3) is 0 Å². The lowest BCUT2D eigenvalue weighted by Gasteiger charge is -2.17. The summed E-state index contributed by atoms with van der Waals surface area (Å²) in [4.78, 5) is 14.0. The zero-order chi connectivity index (χ0) is 12.8. The van der Waals surface area contributed by atoms with Crippen LogP contribution in [-0.2, 0) is 7.05 Å². The van der Waals surface area contributed by atoms with Gasteiger partial charge in [-0.1, -0.05) is 13.8 Å². The van der Waals surface area contributed by atoms with Gasteiger partial charge in [0.25, 0.3) is 5.91 Å². The summed E-state index contributed by atoms with van der Waals surface area (Å²) in [6.07, 6.45) is 1.62. The van der Waals surface area contributed by atoms with Crippen LogP contribution < -0.4 is 11.1 Å². The SMILES string of the molecule is CCN(CC)CCNC(=O)c1nn(C)cc1N. The first-order chi connectivity index (χ1) is 8.08. The summed E-state index contributed by atoms with van der Waals surface area (Å²) >= 11 is 0. The second kappa shape index (κ2) is 6.24. The van der Waals surface area contributed by atoms with Crippen molar-refractivity contribution in [2.24, 2.45) is 7.05 Å². The standard InChI is InChI=1S/C11H21N5O/c1-4-16(5-2)7-6-13-11(17)10-9(12)8-15(3)14-10/h8H,4-7,12H2,1-3H3,(H,13,17). The maximum absolute atomic E-state index is 11.8. The first-order valence-corrected chi connectivity index (χ1v) is 5.88. The maximum Gasteiger partial charge on any atom is 0.273 e. The number of nitrogen functional groups attached to an aromatic ring is 1. The monoisotopic (exact) mass is 239 g/mol. The first-order valence-electron chi connectivity index (χ1n) is 5.88. The summed E-state index contributed by atoms with van der Waals surface area (Å²) in [7, 11) is 1.74. The molecule has 6 nitrogen and oxygen atoms in total. The normalized spacial score (nSPS) is 10.8. The molecule has 0 atom stereocenters. The molecule has 0 unspecified atom stereocenters. The molecule has 1 aromatic rings. The van der Waals surface area contributed by atoms with Crippen molar-refractivity contribution >= 4 is 11.6 Å². The van der Waals surface area contributed by atoms with Gasteiger partial charge in [0.1, 0.15) is 0 Å². The lowest BCUT2D eigenvalue weighted by molar-refractivity contribution is 0.0944. The molecule has 6 heteroatoms. The number of nitrogens with two attached hydrogens (primary N) is 1. The first kappa shape index (κ1) is 13.5. The molecule has 1 amide bonds. The molecule has 0 aromatic carbocycles. The molecule has 1 aromatic heterocycles. The van der Waals surface area contributed by atoms with E-state index in [-0.39, 0.29) is 5.91 Å². The van der Waals surface area contributed by atoms with E-state index in [2.05, 4.69) is 29.2 Å². The number of nitrogens with zero attached hydrogens (tertiary/aromatic N) is 3. The van der Waals surface area contributed by atoms with Gasteiger partial charge in [0.05, 0.1) is 5.69 Å². The lowest BCUT2D eigenvalue weighted by Crippen LogP contribution is -2.35. The van der Waals surface area contributed by atoms with Crippen LogP contribution in [0.3, 0.4) is 0 Å². The predicted octanol–water partition coefficient (Wildman–Crippen LogP) is 0.0739. The second-order valence-electron chi connectivity index (χ2n) is 3.89. The minimum atomic E-state index is -0.213. The van der Waals surface area contributed by atoms with Crippen molar-refractivity contribution in [2.75, 3.05) is 31.9 Å². The van der Waals surface area contributed by atoms with Gasteiger partial charge in [-0.15, -0.1) is 0 Å². The Labute approximate surface area is 102 Å². The Kier molecular flexibility index (Phi) is 4.96. The van der Waals surface area contributed by atoms with Gasteiger partial charge in [-0.3, -0.25) is 9.48 Å². The number of nitrogens with one attached hydrogen (secondary N) is 1. The third-order valence-electron chi connectivity index (χ3n) is 2.68. The van der Waals surface area contributed by atoms with E-state index in [0.29, 0.717) is 17.9 Å². The molecule has 0 fully saturated rings. The number of likely N-dealkylation sites (N-methyl/N-ethyl adjacent to an activating group) is 1. The van der Waals surface area contributed by atoms with E-state index in [0.717, 1.165) is 19.6 Å². The highest BCUT2D eigenvalue weighted by molar-refractivity contribution is 5.96. The van der Waals surface area contributed by atoms with Crippen molar-refractivity contribution in [3.63, 3.8) is 0 Å². The Morgan fingerprint density at radius 2 is 2.18 bits per heavy atom. The van der Waals surface area contributed by atoms with E-state index in [1.54, 1.807) is 13.2 Å². The van der Waals surface area contributed by atoms with E-state index < -0.39 is 0 Å². The topological polar surface area (TPSA) is 76.2 Å². The number of hydrogen-bond acceptors (Lipinski definition) is 4. The Balaban J connectivity index is 2.42. The third kappa shape index (κ3) is 3.74. The predicted molar refractivity (Wildman–Crippen MR) is 67.7 cm³/mol. The summed E-state index contributed by atoms with van der Waals surface area (Å²) < 4.78 is 1.54. The van der Waals surface area contributed by atoms with Gasteiger partial charge in [-0.2, -0.15) is 5.10 Å². The van der Waals surface area contributed by atoms with Gasteiger partial charge in [0, 0.05) is 26.3 Å². The van der Waals surface area contributed by atoms with Crippen molar-refractivity contribution in [1.82, 2.24) is 20.0 Å². The smallest absolute Gasteiger partial charge is 0.273 e. The average Bonchev–Trinajstić information content (AvgIpc) is 2.64. The van der Waals surface area contributed by atoms with Crippen LogP contribution in [-0.4, -0.2) is 46.8 Å². The van der Waals surface area contributed by atoms with Gasteiger partial charge in [0.2, 0.25) is 0 Å². The zero-order valence-electron chi connectivity index (χ0n) is 10.7. The molecule has 0 saturated heterocycles. The molecule has 17 heavy (non-hydrogen) atoms. The molecule has 0 aliphatic carbocycles. The number of carbonyl (C=O) groups is 1. The molecule has 0 bridgehead atoms. The minimum Gasteiger partial charge on any atom is -0.396 e. The molecule has 0 spiro atoms. The second-order valence-corrected chi connectivity index (χ2v) is 3.89. The Morgan fingerprint density at radius 1 is 1.53 bits per heavy atom. The van der Waals surface area contributed by atoms with Crippen LogP contribution in [0, 0.1) is 0 Å². The zero-order valence-corrected chi connectivity index (χ0v) is 10.7. The van der Waals surface area contributed by atoms with Crippen LogP contribution in [0.2, 0.25) is 0 Å². The van der Waals surface area contributed by atoms with Crippen LogP contribution >= 0.6 is 0 Å². The van der Waals surface area contributed by atoms with Crippen LogP contribution in [0.4, 0.5) is 5.69 Å². The highest BCUT2D eigenvalue weighted by Gasteiger charge is 2.13. The number of carbonyl (C=O) groups excluding carboxylic acids is 1. The summed E-state index contributed by atoms with van der Waals surface area (Å²) in [5.41, 5.74) is 6.38. The highest BCUT2D eigenvalue weighted by Crippen LogP contribution is 2.07. The number of rotatable bonds is 6. The van der Waals surface area contributed by atoms with Crippen molar-refractivity contribution in [2.45, 2.75) is 13.8 Å². The Hall–Kier alpha value is -1.56. The summed E-state index contributed by atoms with van der Waals surface area (Å²) in [5.74, 6) is -0.213. The number of aromatic nitrogens is 2. The van der Waals surface area contributed by atoms with Crippen LogP contribution in [0.15, 0.2) is 6.20 Å². The largest absolute Gasteiger partial charge is 0.396 e. The van der Waals surface area contributed by atoms with E-state index in [1.807, 2.05) is 0 Å². The lowest BCUT2D eigenvalue weighted by atomic mass is 10.3. The number of aryl methyl sites for hydroxylation is 1. The molecule has 0 radical (unpaired) electrons. The van der Waals surface area contributed by atoms with Gasteiger partial charge >= 0.3 is 0 Å². The molecular formula is C11H21N5O. The molecule has 1 rings (SSSR count). The van der Waals surface area contributed by atoms with Gasteiger partial charge < -0.3 is 16.0 Å². The molecule has 1 heterocycles. The van der Waals surface area contributed by atoms with Crippen molar-refractivity contribution in [3.8, 4) is 0 Å². The molecule has 3 N–H and O–H groups in total. The summed E-state index contributed by atoms with van der Waals surface area (Å²) in [6, 6.07) is 0. The fourth-order valence-corrected chi connectivity index (χ4v) is 1.63. The molecular weight excluding hydrogens is 218 g/mol. The highest BCUT2D eigenvalue weighted by atomic mass is 16.2. The van der Waals surface area contributed by atoms with E-state index in [9.17, 15) is 4.79 Å². The maximum atomic E-state index is 11.8. The number of anilines is 1. The summed E-state index contributed by atoms with van der Waals surface area (Å²) in [6.45, 7) is 7.61. The molecule has 0 saturated carbocycles. The number of amides is 1. The van der Waals surface area contributed by atoms with Crippen molar-refractivity contribution < 1.29 is 4.79 Å². The van der Waals surface area contributed by atoms with Crippen LogP contribution in [0.1, 0.15) is 24.3 Å². The molecule has 96 valence electrons. The van der Waals surface area contributed by atoms with Crippen molar-refractivity contribution in [3.05, 3.63) is 11.9 Å². The third-order valence-corrected chi connectivity index (χ3v) is 2.68. The minimum absolute atomic E-state index is 0.213. The fraction of sp³-hybridized carbons (Fsp3) is 0.636. The van der Waals surface area contributed by atoms with Crippen LogP contribution in [0.5, 0.6) is 0 Å². The fourth-order valence-electron chi connectivity index (χ4n) is 1.63. The Bertz CT molecular complexity index is 370. The molecule has 0 aliphatic heterocycles. The van der Waals surface area contributed by atoms with Crippen molar-refractivity contribution in [1.29, 1.82) is 0 Å². The quantitative estimate of drug-likeness (QED) is 0.737. The van der Waals surface area contributed by atoms with Gasteiger partial charge in [-0.05, 0) is 13.1 Å². The summed E-state index contributed by atoms with van der Waals surface area (Å²) in [5, 5.41) is 6.83. The number of hydrogen-bond donors (Lipinski definition) is 2. The van der Waals surface area contributed by atoms with E-state index in [4.69, 9.17) is 5.73 Å². The Morgan fingerprint density at radius 3 is 2.65 bits per heavy atom. The average molecular weight is 239 g/mol. The molecule has 0 aliphatic rings. The van der Waals surface area contributed by atoms with E-state index >= 15 is 0 Å².